The van der Waals surface area contributed by atoms with Crippen LogP contribution in [0.15, 0.2) is 54.6 Å². The summed E-state index contributed by atoms with van der Waals surface area (Å²) in [6.45, 7) is 2.86. The minimum Gasteiger partial charge on any atom is -0.388 e. The van der Waals surface area contributed by atoms with Crippen LogP contribution >= 0.6 is 0 Å². The van der Waals surface area contributed by atoms with Gasteiger partial charge in [0.15, 0.2) is 0 Å². The van der Waals surface area contributed by atoms with Crippen molar-refractivity contribution < 1.29 is 9.90 Å². The van der Waals surface area contributed by atoms with E-state index in [4.69, 9.17) is 0 Å². The van der Waals surface area contributed by atoms with Crippen LogP contribution in [0.2, 0.25) is 0 Å². The Morgan fingerprint density at radius 3 is 2.62 bits per heavy atom. The molecule has 2 aromatic carbocycles. The van der Waals surface area contributed by atoms with Gasteiger partial charge in [0.2, 0.25) is 11.9 Å². The molecule has 5 heteroatoms. The average Bonchev–Trinajstić information content (AvgIpc) is 2.93. The van der Waals surface area contributed by atoms with E-state index >= 15 is 0 Å². The molecule has 1 unspecified atom stereocenters. The van der Waals surface area contributed by atoms with Crippen LogP contribution in [0.1, 0.15) is 31.4 Å². The SMILES string of the molecule is CCCn1c(NC(=O)CC(O)c2ccccc2)nc2ccccc21. The number of aromatic nitrogens is 2. The summed E-state index contributed by atoms with van der Waals surface area (Å²) in [6.07, 6.45) is 0.116. The van der Waals surface area contributed by atoms with E-state index in [0.29, 0.717) is 5.95 Å². The zero-order valence-corrected chi connectivity index (χ0v) is 13.6. The molecule has 1 aromatic heterocycles. The van der Waals surface area contributed by atoms with Gasteiger partial charge in [0.25, 0.3) is 0 Å². The van der Waals surface area contributed by atoms with Crippen molar-refractivity contribution in [2.45, 2.75) is 32.4 Å². The summed E-state index contributed by atoms with van der Waals surface area (Å²) >= 11 is 0. The number of nitrogens with one attached hydrogen (secondary N) is 1. The van der Waals surface area contributed by atoms with Crippen LogP contribution < -0.4 is 5.32 Å². The molecule has 1 heterocycles. The molecule has 0 bridgehead atoms. The van der Waals surface area contributed by atoms with Crippen LogP contribution in [0.25, 0.3) is 11.0 Å². The first-order chi connectivity index (χ1) is 11.7. The number of aliphatic hydroxyl groups excluding tert-OH is 1. The second-order valence-electron chi connectivity index (χ2n) is 5.75. The van der Waals surface area contributed by atoms with Crippen molar-refractivity contribution in [3.63, 3.8) is 0 Å². The van der Waals surface area contributed by atoms with Gasteiger partial charge in [0, 0.05) is 6.54 Å². The number of para-hydroxylation sites is 2. The molecule has 124 valence electrons. The van der Waals surface area contributed by atoms with Gasteiger partial charge in [0.05, 0.1) is 23.6 Å². The lowest BCUT2D eigenvalue weighted by Gasteiger charge is -2.12. The van der Waals surface area contributed by atoms with Crippen LogP contribution in [0.3, 0.4) is 0 Å². The number of carbonyl (C=O) groups is 1. The summed E-state index contributed by atoms with van der Waals surface area (Å²) in [4.78, 5) is 16.8. The molecule has 0 aliphatic rings. The molecular formula is C19H21N3O2. The zero-order chi connectivity index (χ0) is 16.9. The molecule has 0 saturated carbocycles. The Bertz CT molecular complexity index is 827. The largest absolute Gasteiger partial charge is 0.388 e. The molecule has 3 rings (SSSR count). The molecule has 1 amide bonds. The standard InChI is InChI=1S/C19H21N3O2/c1-2-12-22-16-11-7-6-10-15(16)20-19(22)21-18(24)13-17(23)14-8-4-3-5-9-14/h3-11,17,23H,2,12-13H2,1H3,(H,20,21,24). The third-order valence-electron chi connectivity index (χ3n) is 3.92. The smallest absolute Gasteiger partial charge is 0.229 e. The highest BCUT2D eigenvalue weighted by Gasteiger charge is 2.16. The van der Waals surface area contributed by atoms with Gasteiger partial charge in [-0.25, -0.2) is 4.98 Å². The number of fused-ring (bicyclic) bond motifs is 1. The number of carbonyl (C=O) groups excluding carboxylic acids is 1. The number of hydrogen-bond acceptors (Lipinski definition) is 3. The average molecular weight is 323 g/mol. The van der Waals surface area contributed by atoms with Gasteiger partial charge < -0.3 is 9.67 Å². The predicted octanol–water partition coefficient (Wildman–Crippen LogP) is 3.51. The molecule has 0 aliphatic heterocycles. The molecule has 2 N–H and O–H groups in total. The number of anilines is 1. The number of aryl methyl sites for hydroxylation is 1. The second kappa shape index (κ2) is 7.27. The highest BCUT2D eigenvalue weighted by atomic mass is 16.3. The molecular weight excluding hydrogens is 302 g/mol. The lowest BCUT2D eigenvalue weighted by Crippen LogP contribution is -2.18. The molecule has 0 spiro atoms. The van der Waals surface area contributed by atoms with E-state index in [9.17, 15) is 9.90 Å². The Balaban J connectivity index is 1.76. The normalized spacial score (nSPS) is 12.2. The van der Waals surface area contributed by atoms with Crippen molar-refractivity contribution >= 4 is 22.9 Å². The fourth-order valence-electron chi connectivity index (χ4n) is 2.77. The Labute approximate surface area is 141 Å². The molecule has 24 heavy (non-hydrogen) atoms. The number of hydrogen-bond donors (Lipinski definition) is 2. The van der Waals surface area contributed by atoms with Crippen molar-refractivity contribution in [2.75, 3.05) is 5.32 Å². The van der Waals surface area contributed by atoms with Crippen LogP contribution in [-0.4, -0.2) is 20.6 Å². The topological polar surface area (TPSA) is 67.2 Å². The van der Waals surface area contributed by atoms with Gasteiger partial charge in [-0.05, 0) is 24.1 Å². The van der Waals surface area contributed by atoms with E-state index in [1.54, 1.807) is 0 Å². The van der Waals surface area contributed by atoms with E-state index in [1.807, 2.05) is 59.2 Å². The van der Waals surface area contributed by atoms with Gasteiger partial charge in [-0.15, -0.1) is 0 Å². The predicted molar refractivity (Wildman–Crippen MR) is 94.7 cm³/mol. The van der Waals surface area contributed by atoms with Crippen LogP contribution in [0.4, 0.5) is 5.95 Å². The summed E-state index contributed by atoms with van der Waals surface area (Å²) in [7, 11) is 0. The number of benzene rings is 2. The van der Waals surface area contributed by atoms with Gasteiger partial charge in [0.1, 0.15) is 0 Å². The van der Waals surface area contributed by atoms with Crippen LogP contribution in [0, 0.1) is 0 Å². The second-order valence-corrected chi connectivity index (χ2v) is 5.75. The van der Waals surface area contributed by atoms with Gasteiger partial charge in [-0.2, -0.15) is 0 Å². The van der Waals surface area contributed by atoms with Gasteiger partial charge in [-0.3, -0.25) is 10.1 Å². The summed E-state index contributed by atoms with van der Waals surface area (Å²) in [6, 6.07) is 17.0. The summed E-state index contributed by atoms with van der Waals surface area (Å²) in [5.41, 5.74) is 2.58. The zero-order valence-electron chi connectivity index (χ0n) is 13.6. The highest BCUT2D eigenvalue weighted by molar-refractivity contribution is 5.91. The molecule has 5 nitrogen and oxygen atoms in total. The molecule has 0 fully saturated rings. The van der Waals surface area contributed by atoms with E-state index in [2.05, 4.69) is 17.2 Å². The van der Waals surface area contributed by atoms with E-state index in [-0.39, 0.29) is 12.3 Å². The maximum absolute atomic E-state index is 12.3. The maximum Gasteiger partial charge on any atom is 0.229 e. The first-order valence-electron chi connectivity index (χ1n) is 8.17. The Hall–Kier alpha value is -2.66. The third kappa shape index (κ3) is 3.46. The van der Waals surface area contributed by atoms with Gasteiger partial charge in [-0.1, -0.05) is 49.4 Å². The number of rotatable bonds is 6. The third-order valence-corrected chi connectivity index (χ3v) is 3.92. The van der Waals surface area contributed by atoms with E-state index in [1.165, 1.54) is 0 Å². The highest BCUT2D eigenvalue weighted by Crippen LogP contribution is 2.21. The fraction of sp³-hybridized carbons (Fsp3) is 0.263. The van der Waals surface area contributed by atoms with E-state index in [0.717, 1.165) is 29.6 Å². The Morgan fingerprint density at radius 2 is 1.88 bits per heavy atom. The number of nitrogens with zero attached hydrogens (tertiary/aromatic N) is 2. The minimum atomic E-state index is -0.824. The first kappa shape index (κ1) is 16.2. The number of imidazole rings is 1. The quantitative estimate of drug-likeness (QED) is 0.729. The maximum atomic E-state index is 12.3. The van der Waals surface area contributed by atoms with Crippen molar-refractivity contribution in [1.82, 2.24) is 9.55 Å². The van der Waals surface area contributed by atoms with Crippen molar-refractivity contribution in [2.24, 2.45) is 0 Å². The molecule has 0 saturated heterocycles. The molecule has 0 radical (unpaired) electrons. The molecule has 0 aliphatic carbocycles. The molecule has 1 atom stereocenters. The lowest BCUT2D eigenvalue weighted by molar-refractivity contribution is -0.118. The van der Waals surface area contributed by atoms with E-state index < -0.39 is 6.10 Å². The molecule has 3 aromatic rings. The van der Waals surface area contributed by atoms with Crippen molar-refractivity contribution in [3.05, 3.63) is 60.2 Å². The van der Waals surface area contributed by atoms with Crippen LogP contribution in [0.5, 0.6) is 0 Å². The lowest BCUT2D eigenvalue weighted by atomic mass is 10.1. The monoisotopic (exact) mass is 323 g/mol. The van der Waals surface area contributed by atoms with Crippen molar-refractivity contribution in [3.8, 4) is 0 Å². The minimum absolute atomic E-state index is 0.000651. The number of amides is 1. The van der Waals surface area contributed by atoms with Crippen LogP contribution in [-0.2, 0) is 11.3 Å². The Kier molecular flexibility index (Phi) is 4.91. The fourth-order valence-corrected chi connectivity index (χ4v) is 2.77. The van der Waals surface area contributed by atoms with Crippen molar-refractivity contribution in [1.29, 1.82) is 0 Å². The first-order valence-corrected chi connectivity index (χ1v) is 8.17. The summed E-state index contributed by atoms with van der Waals surface area (Å²) in [5, 5.41) is 13.0. The summed E-state index contributed by atoms with van der Waals surface area (Å²) < 4.78 is 2.00. The Morgan fingerprint density at radius 1 is 1.17 bits per heavy atom. The summed E-state index contributed by atoms with van der Waals surface area (Å²) in [5.74, 6) is 0.280. The van der Waals surface area contributed by atoms with Gasteiger partial charge >= 0.3 is 0 Å². The number of aliphatic hydroxyl groups is 1.